The van der Waals surface area contributed by atoms with Crippen LogP contribution in [0.4, 0.5) is 5.00 Å². The van der Waals surface area contributed by atoms with E-state index in [4.69, 9.17) is 5.73 Å². The van der Waals surface area contributed by atoms with E-state index in [1.807, 2.05) is 31.2 Å². The molecule has 0 saturated carbocycles. The van der Waals surface area contributed by atoms with Crippen LogP contribution in [0, 0.1) is 6.92 Å². The number of anilines is 1. The van der Waals surface area contributed by atoms with Crippen molar-refractivity contribution in [3.05, 3.63) is 57.5 Å². The van der Waals surface area contributed by atoms with Crippen LogP contribution in [0.1, 0.15) is 44.8 Å². The highest BCUT2D eigenvalue weighted by atomic mass is 32.1. The van der Waals surface area contributed by atoms with Crippen molar-refractivity contribution in [3.8, 4) is 0 Å². The van der Waals surface area contributed by atoms with E-state index in [0.717, 1.165) is 36.8 Å². The Kier molecular flexibility index (Phi) is 4.81. The van der Waals surface area contributed by atoms with Crippen molar-refractivity contribution >= 4 is 34.2 Å². The number of rotatable bonds is 4. The van der Waals surface area contributed by atoms with Gasteiger partial charge in [0.25, 0.3) is 5.91 Å². The van der Waals surface area contributed by atoms with Crippen molar-refractivity contribution in [2.45, 2.75) is 32.6 Å². The van der Waals surface area contributed by atoms with Gasteiger partial charge in [-0.3, -0.25) is 9.59 Å². The molecule has 0 spiro atoms. The van der Waals surface area contributed by atoms with E-state index in [1.54, 1.807) is 6.08 Å². The zero-order valence-electron chi connectivity index (χ0n) is 13.6. The molecule has 1 aliphatic rings. The van der Waals surface area contributed by atoms with Crippen LogP contribution < -0.4 is 11.1 Å². The van der Waals surface area contributed by atoms with Crippen molar-refractivity contribution in [3.63, 3.8) is 0 Å². The van der Waals surface area contributed by atoms with Crippen LogP contribution in [0.15, 0.2) is 30.3 Å². The van der Waals surface area contributed by atoms with Crippen LogP contribution >= 0.6 is 11.3 Å². The topological polar surface area (TPSA) is 72.2 Å². The molecule has 124 valence electrons. The summed E-state index contributed by atoms with van der Waals surface area (Å²) in [7, 11) is 0. The Balaban J connectivity index is 1.78. The number of hydrogen-bond donors (Lipinski definition) is 2. The summed E-state index contributed by atoms with van der Waals surface area (Å²) in [5.74, 6) is -0.719. The van der Waals surface area contributed by atoms with Gasteiger partial charge in [0.2, 0.25) is 5.91 Å². The van der Waals surface area contributed by atoms with Crippen molar-refractivity contribution in [1.29, 1.82) is 0 Å². The number of carbonyl (C=O) groups is 2. The minimum atomic E-state index is -0.466. The van der Waals surface area contributed by atoms with Gasteiger partial charge < -0.3 is 11.1 Å². The Hall–Kier alpha value is -2.40. The molecular weight excluding hydrogens is 320 g/mol. The van der Waals surface area contributed by atoms with E-state index < -0.39 is 5.91 Å². The van der Waals surface area contributed by atoms with Gasteiger partial charge >= 0.3 is 0 Å². The van der Waals surface area contributed by atoms with Crippen molar-refractivity contribution in [2.75, 3.05) is 5.32 Å². The molecule has 1 aromatic carbocycles. The number of nitrogens with two attached hydrogens (primary N) is 1. The Morgan fingerprint density at radius 3 is 2.58 bits per heavy atom. The molecule has 0 saturated heterocycles. The predicted octanol–water partition coefficient (Wildman–Crippen LogP) is 3.69. The van der Waals surface area contributed by atoms with Crippen molar-refractivity contribution in [2.24, 2.45) is 5.73 Å². The Morgan fingerprint density at radius 1 is 1.17 bits per heavy atom. The zero-order chi connectivity index (χ0) is 17.1. The lowest BCUT2D eigenvalue weighted by Crippen LogP contribution is -2.17. The molecule has 0 unspecified atom stereocenters. The fraction of sp³-hybridized carbons (Fsp3) is 0.263. The summed E-state index contributed by atoms with van der Waals surface area (Å²) in [6, 6.07) is 7.90. The van der Waals surface area contributed by atoms with E-state index in [2.05, 4.69) is 5.32 Å². The monoisotopic (exact) mass is 340 g/mol. The second-order valence-electron chi connectivity index (χ2n) is 6.01. The predicted molar refractivity (Wildman–Crippen MR) is 98.3 cm³/mol. The van der Waals surface area contributed by atoms with Gasteiger partial charge in [0.1, 0.15) is 5.00 Å². The summed E-state index contributed by atoms with van der Waals surface area (Å²) in [5, 5.41) is 3.40. The van der Waals surface area contributed by atoms with E-state index in [-0.39, 0.29) is 5.91 Å². The van der Waals surface area contributed by atoms with E-state index in [1.165, 1.54) is 27.9 Å². The van der Waals surface area contributed by atoms with Crippen molar-refractivity contribution in [1.82, 2.24) is 0 Å². The fourth-order valence-electron chi connectivity index (χ4n) is 2.92. The zero-order valence-corrected chi connectivity index (χ0v) is 14.4. The molecular formula is C19H20N2O2S. The quantitative estimate of drug-likeness (QED) is 0.833. The van der Waals surface area contributed by atoms with Gasteiger partial charge in [0.15, 0.2) is 0 Å². The van der Waals surface area contributed by atoms with Gasteiger partial charge in [0.05, 0.1) is 5.56 Å². The maximum atomic E-state index is 12.2. The van der Waals surface area contributed by atoms with Gasteiger partial charge in [0, 0.05) is 11.0 Å². The summed E-state index contributed by atoms with van der Waals surface area (Å²) in [5.41, 5.74) is 9.18. The number of benzene rings is 1. The average Bonchev–Trinajstić information content (AvgIpc) is 2.92. The molecule has 1 heterocycles. The van der Waals surface area contributed by atoms with E-state index in [0.29, 0.717) is 10.6 Å². The van der Waals surface area contributed by atoms with Crippen LogP contribution in [0.25, 0.3) is 6.08 Å². The van der Waals surface area contributed by atoms with Crippen LogP contribution in [-0.4, -0.2) is 11.8 Å². The molecule has 0 fully saturated rings. The number of thiophene rings is 1. The van der Waals surface area contributed by atoms with Gasteiger partial charge in [-0.2, -0.15) is 0 Å². The molecule has 2 aromatic rings. The smallest absolute Gasteiger partial charge is 0.251 e. The van der Waals surface area contributed by atoms with Crippen LogP contribution in [0.2, 0.25) is 0 Å². The minimum Gasteiger partial charge on any atom is -0.365 e. The van der Waals surface area contributed by atoms with Crippen LogP contribution in [0.3, 0.4) is 0 Å². The summed E-state index contributed by atoms with van der Waals surface area (Å²) in [6.07, 6.45) is 7.23. The third kappa shape index (κ3) is 3.57. The number of primary amides is 1. The fourth-order valence-corrected chi connectivity index (χ4v) is 4.22. The average molecular weight is 340 g/mol. The minimum absolute atomic E-state index is 0.253. The van der Waals surface area contributed by atoms with Gasteiger partial charge in [-0.15, -0.1) is 11.3 Å². The van der Waals surface area contributed by atoms with Crippen molar-refractivity contribution < 1.29 is 9.59 Å². The lowest BCUT2D eigenvalue weighted by atomic mass is 9.95. The lowest BCUT2D eigenvalue weighted by molar-refractivity contribution is -0.111. The maximum absolute atomic E-state index is 12.2. The Bertz CT molecular complexity index is 804. The Labute approximate surface area is 145 Å². The third-order valence-electron chi connectivity index (χ3n) is 4.16. The second kappa shape index (κ2) is 7.01. The number of carbonyl (C=O) groups excluding carboxylic acids is 2. The highest BCUT2D eigenvalue weighted by molar-refractivity contribution is 7.17. The number of fused-ring (bicyclic) bond motifs is 1. The first kappa shape index (κ1) is 16.5. The second-order valence-corrected chi connectivity index (χ2v) is 7.12. The molecule has 0 bridgehead atoms. The molecule has 5 heteroatoms. The van der Waals surface area contributed by atoms with Gasteiger partial charge in [-0.1, -0.05) is 29.8 Å². The standard InChI is InChI=1S/C19H20N2O2S/c1-12-6-8-13(9-7-12)10-11-16(22)21-19-17(18(20)23)14-4-2-3-5-15(14)24-19/h6-11H,2-5H2,1H3,(H2,20,23)(H,21,22). The first-order chi connectivity index (χ1) is 11.5. The van der Waals surface area contributed by atoms with Gasteiger partial charge in [-0.25, -0.2) is 0 Å². The molecule has 4 nitrogen and oxygen atoms in total. The van der Waals surface area contributed by atoms with E-state index >= 15 is 0 Å². The summed E-state index contributed by atoms with van der Waals surface area (Å²) in [4.78, 5) is 25.2. The highest BCUT2D eigenvalue weighted by Gasteiger charge is 2.24. The molecule has 0 radical (unpaired) electrons. The number of nitrogens with one attached hydrogen (secondary N) is 1. The summed E-state index contributed by atoms with van der Waals surface area (Å²) < 4.78 is 0. The van der Waals surface area contributed by atoms with Crippen LogP contribution in [-0.2, 0) is 17.6 Å². The highest BCUT2D eigenvalue weighted by Crippen LogP contribution is 2.37. The normalized spacial score (nSPS) is 13.7. The molecule has 2 amide bonds. The molecule has 24 heavy (non-hydrogen) atoms. The van der Waals surface area contributed by atoms with Gasteiger partial charge in [-0.05, 0) is 49.8 Å². The molecule has 0 atom stereocenters. The Morgan fingerprint density at radius 2 is 1.88 bits per heavy atom. The summed E-state index contributed by atoms with van der Waals surface area (Å²) >= 11 is 1.48. The molecule has 3 rings (SSSR count). The molecule has 0 aliphatic heterocycles. The SMILES string of the molecule is Cc1ccc(C=CC(=O)Nc2sc3c(c2C(N)=O)CCCC3)cc1. The lowest BCUT2D eigenvalue weighted by Gasteiger charge is -2.11. The molecule has 3 N–H and O–H groups in total. The maximum Gasteiger partial charge on any atom is 0.251 e. The number of aryl methyl sites for hydroxylation is 2. The van der Waals surface area contributed by atoms with E-state index in [9.17, 15) is 9.59 Å². The van der Waals surface area contributed by atoms with Crippen LogP contribution in [0.5, 0.6) is 0 Å². The molecule has 1 aliphatic carbocycles. The largest absolute Gasteiger partial charge is 0.365 e. The first-order valence-electron chi connectivity index (χ1n) is 8.04. The summed E-state index contributed by atoms with van der Waals surface area (Å²) in [6.45, 7) is 2.02. The third-order valence-corrected chi connectivity index (χ3v) is 5.37. The first-order valence-corrected chi connectivity index (χ1v) is 8.86. The number of hydrogen-bond acceptors (Lipinski definition) is 3. The molecule has 1 aromatic heterocycles. The number of amides is 2.